The van der Waals surface area contributed by atoms with E-state index < -0.39 is 12.1 Å². The molecular formula is C7H19N3O2. The zero-order chi connectivity index (χ0) is 9.61. The topological polar surface area (TPSA) is 54.5 Å². The van der Waals surface area contributed by atoms with E-state index in [4.69, 9.17) is 9.47 Å². The molecule has 0 fully saturated rings. The molecule has 0 aromatic heterocycles. The highest BCUT2D eigenvalue weighted by molar-refractivity contribution is 4.81. The second-order valence-corrected chi connectivity index (χ2v) is 2.36. The maximum atomic E-state index is 5.13. The zero-order valence-electron chi connectivity index (χ0n) is 8.39. The van der Waals surface area contributed by atoms with Gasteiger partial charge in [0.25, 0.3) is 0 Å². The molecule has 3 N–H and O–H groups in total. The highest BCUT2D eigenvalue weighted by Crippen LogP contribution is 2.05. The summed E-state index contributed by atoms with van der Waals surface area (Å²) in [5.41, 5.74) is 0. The number of nitrogens with one attached hydrogen (secondary N) is 3. The highest BCUT2D eigenvalue weighted by atomic mass is 16.7. The Morgan fingerprint density at radius 1 is 0.917 bits per heavy atom. The molecule has 0 radical (unpaired) electrons. The van der Waals surface area contributed by atoms with Gasteiger partial charge in [-0.05, 0) is 21.1 Å². The SMILES string of the molecule is CNC(NC)(NC)C(OC)OC. The van der Waals surface area contributed by atoms with Crippen LogP contribution in [0.5, 0.6) is 0 Å². The Hall–Kier alpha value is -0.200. The van der Waals surface area contributed by atoms with Crippen LogP contribution >= 0.6 is 0 Å². The van der Waals surface area contributed by atoms with Crippen molar-refractivity contribution in [3.8, 4) is 0 Å². The van der Waals surface area contributed by atoms with Gasteiger partial charge in [-0.2, -0.15) is 0 Å². The maximum Gasteiger partial charge on any atom is 0.203 e. The summed E-state index contributed by atoms with van der Waals surface area (Å²) in [6, 6.07) is 0. The van der Waals surface area contributed by atoms with Gasteiger partial charge in [-0.3, -0.25) is 16.0 Å². The maximum absolute atomic E-state index is 5.13. The summed E-state index contributed by atoms with van der Waals surface area (Å²) in [4.78, 5) is 0. The lowest BCUT2D eigenvalue weighted by molar-refractivity contribution is -0.170. The Morgan fingerprint density at radius 3 is 1.33 bits per heavy atom. The molecule has 0 saturated heterocycles. The first-order valence-corrected chi connectivity index (χ1v) is 3.83. The van der Waals surface area contributed by atoms with Crippen molar-refractivity contribution in [2.45, 2.75) is 12.1 Å². The molecule has 0 aliphatic heterocycles. The summed E-state index contributed by atoms with van der Waals surface area (Å²) in [6.07, 6.45) is -0.391. The molecule has 5 heteroatoms. The molecule has 12 heavy (non-hydrogen) atoms. The molecule has 0 unspecified atom stereocenters. The number of ether oxygens (including phenoxy) is 2. The summed E-state index contributed by atoms with van der Waals surface area (Å²) in [5.74, 6) is -0.552. The molecule has 0 saturated carbocycles. The Morgan fingerprint density at radius 2 is 1.25 bits per heavy atom. The molecule has 0 amide bonds. The van der Waals surface area contributed by atoms with Gasteiger partial charge in [0.15, 0.2) is 5.79 Å². The van der Waals surface area contributed by atoms with E-state index in [1.807, 2.05) is 21.1 Å². The van der Waals surface area contributed by atoms with E-state index in [2.05, 4.69) is 16.0 Å². The van der Waals surface area contributed by atoms with Crippen molar-refractivity contribution in [2.75, 3.05) is 35.4 Å². The van der Waals surface area contributed by atoms with Gasteiger partial charge in [-0.1, -0.05) is 0 Å². The van der Waals surface area contributed by atoms with Crippen LogP contribution in [0.25, 0.3) is 0 Å². The first kappa shape index (κ1) is 11.8. The molecular weight excluding hydrogens is 158 g/mol. The number of methoxy groups -OCH3 is 2. The van der Waals surface area contributed by atoms with Gasteiger partial charge < -0.3 is 9.47 Å². The number of hydrogen-bond acceptors (Lipinski definition) is 5. The average Bonchev–Trinajstić information content (AvgIpc) is 2.14. The third-order valence-electron chi connectivity index (χ3n) is 1.96. The Balaban J connectivity index is 4.42. The van der Waals surface area contributed by atoms with Crippen LogP contribution in [0, 0.1) is 0 Å². The fourth-order valence-electron chi connectivity index (χ4n) is 1.18. The normalized spacial score (nSPS) is 12.5. The highest BCUT2D eigenvalue weighted by Gasteiger charge is 2.34. The second-order valence-electron chi connectivity index (χ2n) is 2.36. The minimum absolute atomic E-state index is 0.391. The fraction of sp³-hybridized carbons (Fsp3) is 1.00. The predicted molar refractivity (Wildman–Crippen MR) is 47.7 cm³/mol. The molecule has 0 heterocycles. The van der Waals surface area contributed by atoms with Crippen LogP contribution in [0.4, 0.5) is 0 Å². The van der Waals surface area contributed by atoms with Crippen molar-refractivity contribution in [1.29, 1.82) is 0 Å². The van der Waals surface area contributed by atoms with E-state index in [0.717, 1.165) is 0 Å². The van der Waals surface area contributed by atoms with Gasteiger partial charge in [0.1, 0.15) is 0 Å². The van der Waals surface area contributed by atoms with E-state index in [-0.39, 0.29) is 0 Å². The molecule has 0 aromatic rings. The third kappa shape index (κ3) is 2.15. The summed E-state index contributed by atoms with van der Waals surface area (Å²) < 4.78 is 10.3. The predicted octanol–water partition coefficient (Wildman–Crippen LogP) is -1.08. The summed E-state index contributed by atoms with van der Waals surface area (Å²) in [6.45, 7) is 0. The van der Waals surface area contributed by atoms with Crippen molar-refractivity contribution in [1.82, 2.24) is 16.0 Å². The van der Waals surface area contributed by atoms with E-state index in [1.54, 1.807) is 14.2 Å². The van der Waals surface area contributed by atoms with Gasteiger partial charge in [0.05, 0.1) is 0 Å². The van der Waals surface area contributed by atoms with Crippen LogP contribution in [-0.4, -0.2) is 47.4 Å². The van der Waals surface area contributed by atoms with Crippen molar-refractivity contribution in [2.24, 2.45) is 0 Å². The lowest BCUT2D eigenvalue weighted by atomic mass is 10.3. The van der Waals surface area contributed by atoms with Crippen molar-refractivity contribution >= 4 is 0 Å². The lowest BCUT2D eigenvalue weighted by Gasteiger charge is -2.37. The molecule has 0 aliphatic carbocycles. The largest absolute Gasteiger partial charge is 0.352 e. The molecule has 0 bridgehead atoms. The van der Waals surface area contributed by atoms with Gasteiger partial charge in [-0.25, -0.2) is 0 Å². The standard InChI is InChI=1S/C7H19N3O2/c1-8-7(9-2,10-3)6(11-4)12-5/h6,8-10H,1-5H3. The van der Waals surface area contributed by atoms with E-state index in [1.165, 1.54) is 0 Å². The van der Waals surface area contributed by atoms with Crippen molar-refractivity contribution in [3.05, 3.63) is 0 Å². The molecule has 74 valence electrons. The molecule has 0 aromatic carbocycles. The summed E-state index contributed by atoms with van der Waals surface area (Å²) in [5, 5.41) is 9.13. The fourth-order valence-corrected chi connectivity index (χ4v) is 1.18. The molecule has 5 nitrogen and oxygen atoms in total. The van der Waals surface area contributed by atoms with Gasteiger partial charge >= 0.3 is 0 Å². The Bertz CT molecular complexity index is 105. The second kappa shape index (κ2) is 5.45. The van der Waals surface area contributed by atoms with Gasteiger partial charge in [-0.15, -0.1) is 0 Å². The molecule has 0 aliphatic rings. The monoisotopic (exact) mass is 177 g/mol. The molecule has 0 atom stereocenters. The zero-order valence-corrected chi connectivity index (χ0v) is 8.39. The average molecular weight is 177 g/mol. The molecule has 0 spiro atoms. The minimum atomic E-state index is -0.552. The van der Waals surface area contributed by atoms with E-state index >= 15 is 0 Å². The third-order valence-corrected chi connectivity index (χ3v) is 1.96. The van der Waals surface area contributed by atoms with Crippen LogP contribution in [0.2, 0.25) is 0 Å². The van der Waals surface area contributed by atoms with Crippen LogP contribution in [-0.2, 0) is 9.47 Å². The van der Waals surface area contributed by atoms with Crippen LogP contribution in [0.15, 0.2) is 0 Å². The minimum Gasteiger partial charge on any atom is -0.352 e. The van der Waals surface area contributed by atoms with Crippen molar-refractivity contribution in [3.63, 3.8) is 0 Å². The number of rotatable bonds is 6. The van der Waals surface area contributed by atoms with E-state index in [9.17, 15) is 0 Å². The number of hydrogen-bond donors (Lipinski definition) is 3. The Kier molecular flexibility index (Phi) is 5.36. The van der Waals surface area contributed by atoms with E-state index in [0.29, 0.717) is 0 Å². The summed E-state index contributed by atoms with van der Waals surface area (Å²) >= 11 is 0. The quantitative estimate of drug-likeness (QED) is 0.450. The van der Waals surface area contributed by atoms with Gasteiger partial charge in [0, 0.05) is 14.2 Å². The van der Waals surface area contributed by atoms with Crippen LogP contribution < -0.4 is 16.0 Å². The molecule has 0 rings (SSSR count). The van der Waals surface area contributed by atoms with Crippen LogP contribution in [0.1, 0.15) is 0 Å². The van der Waals surface area contributed by atoms with Gasteiger partial charge in [0.2, 0.25) is 6.29 Å². The first-order chi connectivity index (χ1) is 5.70. The Labute approximate surface area is 73.8 Å². The van der Waals surface area contributed by atoms with Crippen LogP contribution in [0.3, 0.4) is 0 Å². The summed E-state index contributed by atoms with van der Waals surface area (Å²) in [7, 11) is 8.64. The number of likely N-dealkylation sites (N-methyl/N-ethyl adjacent to an activating group) is 3. The smallest absolute Gasteiger partial charge is 0.203 e. The lowest BCUT2D eigenvalue weighted by Crippen LogP contribution is -2.70. The first-order valence-electron chi connectivity index (χ1n) is 3.83. The van der Waals surface area contributed by atoms with Crippen molar-refractivity contribution < 1.29 is 9.47 Å².